The third-order valence-corrected chi connectivity index (χ3v) is 6.97. The molecule has 0 atom stereocenters. The molecule has 0 N–H and O–H groups in total. The van der Waals surface area contributed by atoms with E-state index in [0.29, 0.717) is 29.5 Å². The lowest BCUT2D eigenvalue weighted by atomic mass is 10.2. The number of fused-ring (bicyclic) bond motifs is 1. The number of benzene rings is 2. The summed E-state index contributed by atoms with van der Waals surface area (Å²) in [4.78, 5) is 19.8. The van der Waals surface area contributed by atoms with E-state index in [1.54, 1.807) is 35.3 Å². The number of carbonyl (C=O) groups excluding carboxylic acids is 1. The monoisotopic (exact) mass is 470 g/mol. The number of sulfone groups is 1. The van der Waals surface area contributed by atoms with E-state index < -0.39 is 15.7 Å². The molecule has 166 valence electrons. The van der Waals surface area contributed by atoms with Gasteiger partial charge in [-0.3, -0.25) is 14.4 Å². The molecule has 1 amide bonds. The molecular weight excluding hydrogens is 448 g/mol. The molecule has 32 heavy (non-hydrogen) atoms. The Kier molecular flexibility index (Phi) is 6.24. The number of ether oxygens (including phenoxy) is 1. The van der Waals surface area contributed by atoms with Crippen LogP contribution in [0.5, 0.6) is 5.75 Å². The minimum absolute atomic E-state index is 0.00907. The largest absolute Gasteiger partial charge is 0.492 e. The molecule has 0 aliphatic rings. The molecular formula is C22H22N4O4S2. The number of thiazole rings is 1. The van der Waals surface area contributed by atoms with Crippen molar-refractivity contribution in [2.75, 3.05) is 24.3 Å². The SMILES string of the molecule is CCOc1cccc2sc(N(CCn3cccn3)C(=O)c3ccccc3S(C)(=O)=O)nc12. The van der Waals surface area contributed by atoms with E-state index in [-0.39, 0.29) is 17.0 Å². The van der Waals surface area contributed by atoms with Crippen molar-refractivity contribution in [3.05, 3.63) is 66.5 Å². The number of para-hydroxylation sites is 1. The highest BCUT2D eigenvalue weighted by Crippen LogP contribution is 2.35. The van der Waals surface area contributed by atoms with E-state index in [4.69, 9.17) is 4.74 Å². The lowest BCUT2D eigenvalue weighted by molar-refractivity contribution is 0.0982. The first-order valence-corrected chi connectivity index (χ1v) is 12.7. The third-order valence-electron chi connectivity index (χ3n) is 4.78. The maximum atomic E-state index is 13.6. The Morgan fingerprint density at radius 1 is 1.16 bits per heavy atom. The van der Waals surface area contributed by atoms with Gasteiger partial charge in [-0.05, 0) is 37.3 Å². The Bertz CT molecular complexity index is 1350. The van der Waals surface area contributed by atoms with E-state index in [0.717, 1.165) is 11.0 Å². The van der Waals surface area contributed by atoms with Crippen LogP contribution in [-0.4, -0.2) is 48.5 Å². The molecule has 0 unspecified atom stereocenters. The molecule has 0 fully saturated rings. The van der Waals surface area contributed by atoms with Gasteiger partial charge in [-0.2, -0.15) is 5.10 Å². The fourth-order valence-corrected chi connectivity index (χ4v) is 5.22. The van der Waals surface area contributed by atoms with E-state index in [9.17, 15) is 13.2 Å². The first kappa shape index (κ1) is 22.0. The summed E-state index contributed by atoms with van der Waals surface area (Å²) in [6.07, 6.45) is 4.56. The number of aromatic nitrogens is 3. The van der Waals surface area contributed by atoms with Gasteiger partial charge in [-0.1, -0.05) is 29.5 Å². The van der Waals surface area contributed by atoms with Crippen molar-refractivity contribution in [2.45, 2.75) is 18.4 Å². The van der Waals surface area contributed by atoms with Crippen LogP contribution in [0.4, 0.5) is 5.13 Å². The fraction of sp³-hybridized carbons (Fsp3) is 0.227. The summed E-state index contributed by atoms with van der Waals surface area (Å²) in [5.74, 6) is 0.207. The molecule has 2 heterocycles. The van der Waals surface area contributed by atoms with Crippen molar-refractivity contribution in [1.29, 1.82) is 0 Å². The zero-order valence-corrected chi connectivity index (χ0v) is 19.3. The van der Waals surface area contributed by atoms with Crippen molar-refractivity contribution in [3.8, 4) is 5.75 Å². The molecule has 2 aromatic carbocycles. The van der Waals surface area contributed by atoms with Gasteiger partial charge in [0.1, 0.15) is 11.3 Å². The van der Waals surface area contributed by atoms with Crippen LogP contribution in [0.25, 0.3) is 10.2 Å². The predicted octanol–water partition coefficient (Wildman–Crippen LogP) is 3.64. The summed E-state index contributed by atoms with van der Waals surface area (Å²) in [7, 11) is -3.59. The molecule has 4 aromatic rings. The van der Waals surface area contributed by atoms with Gasteiger partial charge in [0.25, 0.3) is 5.91 Å². The van der Waals surface area contributed by atoms with Crippen LogP contribution < -0.4 is 9.64 Å². The van der Waals surface area contributed by atoms with E-state index >= 15 is 0 Å². The third kappa shape index (κ3) is 4.51. The Morgan fingerprint density at radius 2 is 1.97 bits per heavy atom. The minimum Gasteiger partial charge on any atom is -0.492 e. The van der Waals surface area contributed by atoms with Crippen molar-refractivity contribution in [1.82, 2.24) is 14.8 Å². The van der Waals surface area contributed by atoms with Gasteiger partial charge >= 0.3 is 0 Å². The highest BCUT2D eigenvalue weighted by Gasteiger charge is 2.26. The maximum absolute atomic E-state index is 13.6. The number of amides is 1. The normalized spacial score (nSPS) is 11.6. The van der Waals surface area contributed by atoms with Crippen LogP contribution in [0.1, 0.15) is 17.3 Å². The van der Waals surface area contributed by atoms with E-state index in [1.165, 1.54) is 28.4 Å². The van der Waals surface area contributed by atoms with Gasteiger partial charge < -0.3 is 4.74 Å². The Hall–Kier alpha value is -3.24. The van der Waals surface area contributed by atoms with Crippen LogP contribution in [-0.2, 0) is 16.4 Å². The van der Waals surface area contributed by atoms with Crippen molar-refractivity contribution >= 4 is 42.4 Å². The van der Waals surface area contributed by atoms with Crippen LogP contribution in [0, 0.1) is 0 Å². The van der Waals surface area contributed by atoms with Crippen LogP contribution in [0.15, 0.2) is 65.8 Å². The molecule has 0 saturated heterocycles. The van der Waals surface area contributed by atoms with Gasteiger partial charge in [0.2, 0.25) is 0 Å². The molecule has 10 heteroatoms. The smallest absolute Gasteiger partial charge is 0.261 e. The second-order valence-electron chi connectivity index (χ2n) is 7.03. The molecule has 0 aliphatic carbocycles. The Balaban J connectivity index is 1.79. The number of anilines is 1. The quantitative estimate of drug-likeness (QED) is 0.390. The summed E-state index contributed by atoms with van der Waals surface area (Å²) < 4.78 is 32.9. The van der Waals surface area contributed by atoms with E-state index in [2.05, 4.69) is 10.1 Å². The van der Waals surface area contributed by atoms with Crippen LogP contribution in [0.3, 0.4) is 0 Å². The maximum Gasteiger partial charge on any atom is 0.261 e. The van der Waals surface area contributed by atoms with Crippen LogP contribution >= 0.6 is 11.3 Å². The molecule has 0 saturated carbocycles. The van der Waals surface area contributed by atoms with Crippen molar-refractivity contribution in [3.63, 3.8) is 0 Å². The van der Waals surface area contributed by atoms with Crippen molar-refractivity contribution in [2.24, 2.45) is 0 Å². The average molecular weight is 471 g/mol. The first-order valence-electron chi connectivity index (χ1n) is 9.99. The number of nitrogens with zero attached hydrogens (tertiary/aromatic N) is 4. The highest BCUT2D eigenvalue weighted by atomic mass is 32.2. The summed E-state index contributed by atoms with van der Waals surface area (Å²) in [6, 6.07) is 13.7. The zero-order valence-electron chi connectivity index (χ0n) is 17.6. The molecule has 4 rings (SSSR count). The lowest BCUT2D eigenvalue weighted by Crippen LogP contribution is -2.34. The van der Waals surface area contributed by atoms with E-state index in [1.807, 2.05) is 25.1 Å². The number of hydrogen-bond donors (Lipinski definition) is 0. The molecule has 8 nitrogen and oxygen atoms in total. The second kappa shape index (κ2) is 9.09. The summed E-state index contributed by atoms with van der Waals surface area (Å²) in [6.45, 7) is 3.08. The lowest BCUT2D eigenvalue weighted by Gasteiger charge is -2.21. The number of carbonyl (C=O) groups is 1. The highest BCUT2D eigenvalue weighted by molar-refractivity contribution is 7.90. The summed E-state index contributed by atoms with van der Waals surface area (Å²) in [5.41, 5.74) is 0.780. The summed E-state index contributed by atoms with van der Waals surface area (Å²) >= 11 is 1.35. The Labute approximate surface area is 190 Å². The second-order valence-corrected chi connectivity index (χ2v) is 10.0. The number of rotatable bonds is 8. The molecule has 0 bridgehead atoms. The first-order chi connectivity index (χ1) is 15.4. The van der Waals surface area contributed by atoms with Crippen molar-refractivity contribution < 1.29 is 17.9 Å². The zero-order chi connectivity index (χ0) is 22.7. The standard InChI is InChI=1S/C22H22N4O4S2/c1-3-30-17-9-6-10-18-20(17)24-22(31-18)26(15-14-25-13-7-12-23-25)21(27)16-8-4-5-11-19(16)32(2,28)29/h4-13H,3,14-15H2,1-2H3. The summed E-state index contributed by atoms with van der Waals surface area (Å²) in [5, 5.41) is 4.66. The Morgan fingerprint density at radius 3 is 2.69 bits per heavy atom. The molecule has 2 aromatic heterocycles. The predicted molar refractivity (Wildman–Crippen MR) is 124 cm³/mol. The molecule has 0 radical (unpaired) electrons. The minimum atomic E-state index is -3.59. The van der Waals surface area contributed by atoms with Crippen LogP contribution in [0.2, 0.25) is 0 Å². The van der Waals surface area contributed by atoms with Gasteiger partial charge in [-0.25, -0.2) is 13.4 Å². The number of hydrogen-bond acceptors (Lipinski definition) is 7. The fourth-order valence-electron chi connectivity index (χ4n) is 3.33. The molecule has 0 spiro atoms. The topological polar surface area (TPSA) is 94.4 Å². The van der Waals surface area contributed by atoms with Gasteiger partial charge in [-0.15, -0.1) is 0 Å². The molecule has 0 aliphatic heterocycles. The van der Waals surface area contributed by atoms with Gasteiger partial charge in [0.15, 0.2) is 15.0 Å². The average Bonchev–Trinajstić information content (AvgIpc) is 3.44. The van der Waals surface area contributed by atoms with Gasteiger partial charge in [0.05, 0.1) is 28.3 Å². The van der Waals surface area contributed by atoms with Gasteiger partial charge in [0, 0.05) is 25.2 Å².